The van der Waals surface area contributed by atoms with E-state index in [0.717, 1.165) is 19.4 Å². The number of carbonyl (C=O) groups is 1. The van der Waals surface area contributed by atoms with Gasteiger partial charge in [-0.25, -0.2) is 0 Å². The normalized spacial score (nSPS) is 22.8. The zero-order valence-electron chi connectivity index (χ0n) is 9.77. The van der Waals surface area contributed by atoms with Gasteiger partial charge in [0.25, 0.3) is 0 Å². The van der Waals surface area contributed by atoms with Crippen LogP contribution in [0.2, 0.25) is 0 Å². The molecule has 2 unspecified atom stereocenters. The molecule has 1 aromatic rings. The number of thiophene rings is 1. The van der Waals surface area contributed by atoms with E-state index in [0.29, 0.717) is 6.04 Å². The summed E-state index contributed by atoms with van der Waals surface area (Å²) in [6.45, 7) is 3.02. The predicted molar refractivity (Wildman–Crippen MR) is 66.7 cm³/mol. The number of nitrogens with one attached hydrogen (secondary N) is 1. The minimum absolute atomic E-state index is 0.0277. The summed E-state index contributed by atoms with van der Waals surface area (Å²) in [5.41, 5.74) is 0. The summed E-state index contributed by atoms with van der Waals surface area (Å²) >= 11 is 1.78. The summed E-state index contributed by atoms with van der Waals surface area (Å²) < 4.78 is 0. The monoisotopic (exact) mass is 238 g/mol. The number of hydrogen-bond acceptors (Lipinski definition) is 3. The number of amides is 1. The molecule has 3 nitrogen and oxygen atoms in total. The minimum Gasteiger partial charge on any atom is -0.344 e. The number of hydrogen-bond donors (Lipinski definition) is 1. The van der Waals surface area contributed by atoms with Crippen LogP contribution in [0.3, 0.4) is 0 Å². The molecule has 1 aliphatic heterocycles. The zero-order valence-corrected chi connectivity index (χ0v) is 10.6. The van der Waals surface area contributed by atoms with E-state index in [1.54, 1.807) is 16.2 Å². The Hall–Kier alpha value is -0.870. The highest BCUT2D eigenvalue weighted by molar-refractivity contribution is 7.09. The van der Waals surface area contributed by atoms with Crippen molar-refractivity contribution >= 4 is 17.2 Å². The van der Waals surface area contributed by atoms with Gasteiger partial charge in [0.05, 0.1) is 6.04 Å². The van der Waals surface area contributed by atoms with E-state index >= 15 is 0 Å². The Bertz CT molecular complexity index is 350. The highest BCUT2D eigenvalue weighted by Crippen LogP contribution is 2.13. The Morgan fingerprint density at radius 1 is 1.69 bits per heavy atom. The summed E-state index contributed by atoms with van der Waals surface area (Å²) in [5.74, 6) is 0.234. The lowest BCUT2D eigenvalue weighted by Crippen LogP contribution is -2.42. The van der Waals surface area contributed by atoms with Gasteiger partial charge in [0, 0.05) is 24.5 Å². The molecule has 1 N–H and O–H groups in total. The number of likely N-dealkylation sites (N-methyl/N-ethyl adjacent to an activating group) is 1. The number of carbonyl (C=O) groups excluding carboxylic acids is 1. The molecular formula is C12H18N2OS. The molecule has 2 heterocycles. The molecule has 4 heteroatoms. The zero-order chi connectivity index (χ0) is 11.5. The molecule has 88 valence electrons. The molecule has 2 rings (SSSR count). The largest absolute Gasteiger partial charge is 0.344 e. The van der Waals surface area contributed by atoms with E-state index in [1.807, 2.05) is 7.05 Å². The fourth-order valence-corrected chi connectivity index (χ4v) is 2.95. The van der Waals surface area contributed by atoms with Gasteiger partial charge in [0.2, 0.25) is 5.91 Å². The topological polar surface area (TPSA) is 32.3 Å². The van der Waals surface area contributed by atoms with Crippen molar-refractivity contribution in [3.05, 3.63) is 22.4 Å². The van der Waals surface area contributed by atoms with Crippen LogP contribution in [0, 0.1) is 0 Å². The Morgan fingerprint density at radius 3 is 3.06 bits per heavy atom. The van der Waals surface area contributed by atoms with Gasteiger partial charge in [-0.15, -0.1) is 11.3 Å². The molecule has 0 aromatic carbocycles. The molecular weight excluding hydrogens is 220 g/mol. The molecule has 0 saturated carbocycles. The molecule has 0 spiro atoms. The van der Waals surface area contributed by atoms with Crippen LogP contribution in [-0.4, -0.2) is 36.5 Å². The maximum absolute atomic E-state index is 11.7. The van der Waals surface area contributed by atoms with E-state index < -0.39 is 0 Å². The first-order valence-corrected chi connectivity index (χ1v) is 6.58. The molecule has 1 amide bonds. The van der Waals surface area contributed by atoms with Crippen LogP contribution in [0.4, 0.5) is 0 Å². The first-order valence-electron chi connectivity index (χ1n) is 5.70. The SMILES string of the molecule is CC(Cc1cccs1)NC1CCN(C)C1=O. The predicted octanol–water partition coefficient (Wildman–Crippen LogP) is 1.50. The third-order valence-electron chi connectivity index (χ3n) is 3.00. The number of rotatable bonds is 4. The molecule has 0 bridgehead atoms. The van der Waals surface area contributed by atoms with E-state index in [1.165, 1.54) is 4.88 Å². The fourth-order valence-electron chi connectivity index (χ4n) is 2.11. The minimum atomic E-state index is 0.0277. The standard InChI is InChI=1S/C12H18N2OS/c1-9(8-10-4-3-7-16-10)13-11-5-6-14(2)12(11)15/h3-4,7,9,11,13H,5-6,8H2,1-2H3. The van der Waals surface area contributed by atoms with Crippen molar-refractivity contribution < 1.29 is 4.79 Å². The van der Waals surface area contributed by atoms with Crippen molar-refractivity contribution in [2.75, 3.05) is 13.6 Å². The second kappa shape index (κ2) is 4.97. The summed E-state index contributed by atoms with van der Waals surface area (Å²) in [5, 5.41) is 5.51. The van der Waals surface area contributed by atoms with Crippen molar-refractivity contribution in [1.29, 1.82) is 0 Å². The van der Waals surface area contributed by atoms with Gasteiger partial charge < -0.3 is 10.2 Å². The van der Waals surface area contributed by atoms with E-state index in [9.17, 15) is 4.79 Å². The van der Waals surface area contributed by atoms with Crippen LogP contribution in [0.1, 0.15) is 18.2 Å². The first kappa shape index (κ1) is 11.6. The van der Waals surface area contributed by atoms with Gasteiger partial charge in [-0.1, -0.05) is 6.07 Å². The lowest BCUT2D eigenvalue weighted by Gasteiger charge is -2.17. The third-order valence-corrected chi connectivity index (χ3v) is 3.90. The molecule has 0 aliphatic carbocycles. The van der Waals surface area contributed by atoms with Gasteiger partial charge in [-0.2, -0.15) is 0 Å². The average molecular weight is 238 g/mol. The summed E-state index contributed by atoms with van der Waals surface area (Å²) in [6.07, 6.45) is 1.94. The van der Waals surface area contributed by atoms with Crippen LogP contribution in [-0.2, 0) is 11.2 Å². The molecule has 1 aromatic heterocycles. The van der Waals surface area contributed by atoms with Crippen LogP contribution in [0.25, 0.3) is 0 Å². The summed E-state index contributed by atoms with van der Waals surface area (Å²) in [7, 11) is 1.87. The Labute approximate surface area is 100 Å². The van der Waals surface area contributed by atoms with Crippen LogP contribution >= 0.6 is 11.3 Å². The molecule has 0 radical (unpaired) electrons. The highest BCUT2D eigenvalue weighted by Gasteiger charge is 2.29. The summed E-state index contributed by atoms with van der Waals surface area (Å²) in [4.78, 5) is 14.9. The third kappa shape index (κ3) is 2.62. The molecule has 2 atom stereocenters. The van der Waals surface area contributed by atoms with Gasteiger partial charge in [0.1, 0.15) is 0 Å². The Balaban J connectivity index is 1.83. The maximum Gasteiger partial charge on any atom is 0.239 e. The second-order valence-corrected chi connectivity index (χ2v) is 5.48. The van der Waals surface area contributed by atoms with E-state index in [4.69, 9.17) is 0 Å². The molecule has 1 aliphatic rings. The maximum atomic E-state index is 11.7. The van der Waals surface area contributed by atoms with Crippen LogP contribution in [0.15, 0.2) is 17.5 Å². The van der Waals surface area contributed by atoms with Crippen molar-refractivity contribution in [2.45, 2.75) is 31.8 Å². The highest BCUT2D eigenvalue weighted by atomic mass is 32.1. The van der Waals surface area contributed by atoms with Crippen molar-refractivity contribution in [1.82, 2.24) is 10.2 Å². The van der Waals surface area contributed by atoms with Crippen molar-refractivity contribution in [3.63, 3.8) is 0 Å². The van der Waals surface area contributed by atoms with Gasteiger partial charge in [-0.3, -0.25) is 4.79 Å². The number of likely N-dealkylation sites (tertiary alicyclic amines) is 1. The molecule has 1 saturated heterocycles. The lowest BCUT2D eigenvalue weighted by molar-refractivity contribution is -0.128. The molecule has 1 fully saturated rings. The quantitative estimate of drug-likeness (QED) is 0.862. The second-order valence-electron chi connectivity index (χ2n) is 4.45. The summed E-state index contributed by atoms with van der Waals surface area (Å²) in [6, 6.07) is 4.60. The average Bonchev–Trinajstić information content (AvgIpc) is 2.83. The van der Waals surface area contributed by atoms with Crippen LogP contribution in [0.5, 0.6) is 0 Å². The smallest absolute Gasteiger partial charge is 0.239 e. The number of nitrogens with zero attached hydrogens (tertiary/aromatic N) is 1. The van der Waals surface area contributed by atoms with Crippen LogP contribution < -0.4 is 5.32 Å². The van der Waals surface area contributed by atoms with Gasteiger partial charge in [0.15, 0.2) is 0 Å². The first-order chi connectivity index (χ1) is 7.66. The Kier molecular flexibility index (Phi) is 3.61. The van der Waals surface area contributed by atoms with Gasteiger partial charge >= 0.3 is 0 Å². The van der Waals surface area contributed by atoms with Crippen molar-refractivity contribution in [2.24, 2.45) is 0 Å². The Morgan fingerprint density at radius 2 is 2.50 bits per heavy atom. The van der Waals surface area contributed by atoms with E-state index in [2.05, 4.69) is 29.8 Å². The molecule has 16 heavy (non-hydrogen) atoms. The van der Waals surface area contributed by atoms with Crippen molar-refractivity contribution in [3.8, 4) is 0 Å². The fraction of sp³-hybridized carbons (Fsp3) is 0.583. The van der Waals surface area contributed by atoms with Gasteiger partial charge in [-0.05, 0) is 31.2 Å². The lowest BCUT2D eigenvalue weighted by atomic mass is 10.1. The van der Waals surface area contributed by atoms with E-state index in [-0.39, 0.29) is 11.9 Å².